The summed E-state index contributed by atoms with van der Waals surface area (Å²) in [5.41, 5.74) is 0. The fraction of sp³-hybridized carbons (Fsp3) is 0.667. The van der Waals surface area contributed by atoms with Gasteiger partial charge in [-0.15, -0.1) is 0 Å². The maximum atomic E-state index is 10.5. The van der Waals surface area contributed by atoms with Gasteiger partial charge in [-0.3, -0.25) is 4.79 Å². The van der Waals surface area contributed by atoms with E-state index in [4.69, 9.17) is 0 Å². The van der Waals surface area contributed by atoms with E-state index >= 15 is 0 Å². The Balaban J connectivity index is 3.29. The van der Waals surface area contributed by atoms with E-state index in [1.807, 2.05) is 0 Å². The van der Waals surface area contributed by atoms with Crippen molar-refractivity contribution >= 4 is 24.8 Å². The van der Waals surface area contributed by atoms with Crippen molar-refractivity contribution in [2.24, 2.45) is 0 Å². The van der Waals surface area contributed by atoms with Crippen LogP contribution in [0, 0.1) is 0 Å². The molecule has 58 valence electrons. The average molecular weight is 184 g/mol. The SMILES string of the molecule is O=C1CS(=O)(=O)CS1(=O)=O. The number of carbonyl (C=O) groups excluding carboxylic acids is 1. The predicted octanol–water partition coefficient (Wildman–Crippen LogP) is -1.69. The molecule has 1 aliphatic heterocycles. The van der Waals surface area contributed by atoms with Gasteiger partial charge in [0.15, 0.2) is 14.9 Å². The molecule has 0 atom stereocenters. The fourth-order valence-corrected chi connectivity index (χ4v) is 4.98. The molecule has 7 heteroatoms. The van der Waals surface area contributed by atoms with Crippen LogP contribution in [0.15, 0.2) is 0 Å². The monoisotopic (exact) mass is 184 g/mol. The second kappa shape index (κ2) is 1.79. The molecule has 0 spiro atoms. The molecule has 1 fully saturated rings. The molecule has 1 aliphatic rings. The molecule has 1 saturated heterocycles. The highest BCUT2D eigenvalue weighted by molar-refractivity contribution is 8.21. The van der Waals surface area contributed by atoms with Crippen LogP contribution in [0.3, 0.4) is 0 Å². The zero-order valence-electron chi connectivity index (χ0n) is 4.77. The molecule has 0 unspecified atom stereocenters. The van der Waals surface area contributed by atoms with Crippen molar-refractivity contribution in [2.45, 2.75) is 0 Å². The summed E-state index contributed by atoms with van der Waals surface area (Å²) in [4.78, 5) is 10.3. The highest BCUT2D eigenvalue weighted by atomic mass is 32.3. The highest BCUT2D eigenvalue weighted by Crippen LogP contribution is 2.10. The first kappa shape index (κ1) is 7.67. The molecule has 0 radical (unpaired) electrons. The van der Waals surface area contributed by atoms with E-state index < -0.39 is 35.6 Å². The lowest BCUT2D eigenvalue weighted by molar-refractivity contribution is -0.109. The summed E-state index contributed by atoms with van der Waals surface area (Å²) in [5, 5.41) is -2.20. The van der Waals surface area contributed by atoms with Crippen molar-refractivity contribution in [1.29, 1.82) is 0 Å². The van der Waals surface area contributed by atoms with Crippen LogP contribution in [-0.2, 0) is 24.5 Å². The second-order valence-corrected chi connectivity index (χ2v) is 6.40. The second-order valence-electron chi connectivity index (χ2n) is 1.99. The molecule has 0 saturated carbocycles. The first-order chi connectivity index (χ1) is 4.33. The first-order valence-electron chi connectivity index (χ1n) is 2.29. The summed E-state index contributed by atoms with van der Waals surface area (Å²) in [6, 6.07) is 0. The Morgan fingerprint density at radius 3 is 1.70 bits per heavy atom. The lowest BCUT2D eigenvalue weighted by atomic mass is 10.9. The van der Waals surface area contributed by atoms with Crippen molar-refractivity contribution in [3.05, 3.63) is 0 Å². The van der Waals surface area contributed by atoms with Gasteiger partial charge in [0.25, 0.3) is 5.12 Å². The largest absolute Gasteiger partial charge is 0.281 e. The molecular formula is C3H4O5S2. The predicted molar refractivity (Wildman–Crippen MR) is 32.6 cm³/mol. The number of carbonyl (C=O) groups is 1. The van der Waals surface area contributed by atoms with Crippen LogP contribution in [0.1, 0.15) is 0 Å². The van der Waals surface area contributed by atoms with Gasteiger partial charge in [-0.2, -0.15) is 0 Å². The normalized spacial score (nSPS) is 28.6. The van der Waals surface area contributed by atoms with E-state index in [9.17, 15) is 21.6 Å². The Kier molecular flexibility index (Phi) is 1.37. The number of hydrogen-bond acceptors (Lipinski definition) is 5. The van der Waals surface area contributed by atoms with Crippen LogP contribution in [0.5, 0.6) is 0 Å². The summed E-state index contributed by atoms with van der Waals surface area (Å²) in [5.74, 6) is -0.852. The van der Waals surface area contributed by atoms with Gasteiger partial charge in [0.05, 0.1) is 0 Å². The Morgan fingerprint density at radius 1 is 1.10 bits per heavy atom. The Bertz CT molecular complexity index is 358. The summed E-state index contributed by atoms with van der Waals surface area (Å²) in [6.07, 6.45) is 0. The van der Waals surface area contributed by atoms with Crippen molar-refractivity contribution in [3.8, 4) is 0 Å². The van der Waals surface area contributed by atoms with Crippen molar-refractivity contribution in [3.63, 3.8) is 0 Å². The van der Waals surface area contributed by atoms with Gasteiger partial charge in [-0.25, -0.2) is 16.8 Å². The van der Waals surface area contributed by atoms with Crippen molar-refractivity contribution < 1.29 is 21.6 Å². The van der Waals surface area contributed by atoms with Gasteiger partial charge in [0.2, 0.25) is 9.84 Å². The Morgan fingerprint density at radius 2 is 1.60 bits per heavy atom. The number of sulfone groups is 2. The van der Waals surface area contributed by atoms with E-state index in [0.717, 1.165) is 0 Å². The molecule has 10 heavy (non-hydrogen) atoms. The molecule has 0 bridgehead atoms. The smallest absolute Gasteiger partial charge is 0.262 e. The third kappa shape index (κ3) is 1.19. The van der Waals surface area contributed by atoms with Crippen LogP contribution < -0.4 is 0 Å². The highest BCUT2D eigenvalue weighted by Gasteiger charge is 2.40. The van der Waals surface area contributed by atoms with E-state index in [1.54, 1.807) is 0 Å². The lowest BCUT2D eigenvalue weighted by Gasteiger charge is -1.80. The molecule has 0 aliphatic carbocycles. The van der Waals surface area contributed by atoms with Crippen LogP contribution in [0.25, 0.3) is 0 Å². The first-order valence-corrected chi connectivity index (χ1v) is 5.77. The molecule has 0 aromatic rings. The van der Waals surface area contributed by atoms with E-state index in [1.165, 1.54) is 0 Å². The fourth-order valence-electron chi connectivity index (χ4n) is 0.613. The minimum Gasteiger partial charge on any atom is -0.281 e. The molecule has 0 N–H and O–H groups in total. The summed E-state index contributed by atoms with van der Waals surface area (Å²) < 4.78 is 41.8. The van der Waals surface area contributed by atoms with Crippen LogP contribution in [0.4, 0.5) is 0 Å². The minimum absolute atomic E-state index is 0.852. The molecule has 0 amide bonds. The van der Waals surface area contributed by atoms with Crippen molar-refractivity contribution in [1.82, 2.24) is 0 Å². The van der Waals surface area contributed by atoms with Gasteiger partial charge < -0.3 is 0 Å². The minimum atomic E-state index is -3.96. The van der Waals surface area contributed by atoms with Gasteiger partial charge in [-0.05, 0) is 0 Å². The van der Waals surface area contributed by atoms with E-state index in [2.05, 4.69) is 0 Å². The molecule has 5 nitrogen and oxygen atoms in total. The molecule has 0 aromatic heterocycles. The molecular weight excluding hydrogens is 180 g/mol. The van der Waals surface area contributed by atoms with E-state index in [0.29, 0.717) is 0 Å². The molecule has 1 rings (SSSR count). The molecule has 1 heterocycles. The third-order valence-corrected chi connectivity index (χ3v) is 5.42. The Labute approximate surface area is 57.9 Å². The Hall–Kier alpha value is -0.430. The quantitative estimate of drug-likeness (QED) is 0.448. The van der Waals surface area contributed by atoms with Gasteiger partial charge in [0.1, 0.15) is 5.75 Å². The van der Waals surface area contributed by atoms with Crippen LogP contribution >= 0.6 is 0 Å². The number of rotatable bonds is 0. The topological polar surface area (TPSA) is 85.3 Å². The standard InChI is InChI=1S/C3H4O5S2/c4-3-1-9(5,6)2-10(3,7)8/h1-2H2. The summed E-state index contributed by atoms with van der Waals surface area (Å²) in [6.45, 7) is 0. The maximum absolute atomic E-state index is 10.5. The lowest BCUT2D eigenvalue weighted by Crippen LogP contribution is -2.09. The molecule has 0 aromatic carbocycles. The summed E-state index contributed by atoms with van der Waals surface area (Å²) in [7, 11) is -7.60. The zero-order valence-corrected chi connectivity index (χ0v) is 6.40. The zero-order chi connectivity index (χ0) is 7.99. The van der Waals surface area contributed by atoms with Crippen LogP contribution in [0.2, 0.25) is 0 Å². The summed E-state index contributed by atoms with van der Waals surface area (Å²) >= 11 is 0. The van der Waals surface area contributed by atoms with Crippen LogP contribution in [-0.4, -0.2) is 32.8 Å². The van der Waals surface area contributed by atoms with Crippen molar-refractivity contribution in [2.75, 3.05) is 10.8 Å². The van der Waals surface area contributed by atoms with Gasteiger partial charge >= 0.3 is 0 Å². The van der Waals surface area contributed by atoms with Gasteiger partial charge in [-0.1, -0.05) is 0 Å². The average Bonchev–Trinajstić information content (AvgIpc) is 1.73. The van der Waals surface area contributed by atoms with Gasteiger partial charge in [0, 0.05) is 0 Å². The maximum Gasteiger partial charge on any atom is 0.262 e. The van der Waals surface area contributed by atoms with E-state index in [-0.39, 0.29) is 0 Å². The number of hydrogen-bond donors (Lipinski definition) is 0. The third-order valence-electron chi connectivity index (χ3n) is 1.02.